The van der Waals surface area contributed by atoms with E-state index in [2.05, 4.69) is 20.4 Å². The summed E-state index contributed by atoms with van der Waals surface area (Å²) < 4.78 is 0. The Bertz CT molecular complexity index is 178. The molecule has 3 unspecified atom stereocenters. The molecule has 2 rings (SSSR count). The molecule has 0 amide bonds. The minimum Gasteiger partial charge on any atom is -0.0996 e. The molecule has 2 aliphatic carbocycles. The average Bonchev–Trinajstić information content (AvgIpc) is 2.02. The van der Waals surface area contributed by atoms with E-state index in [1.807, 2.05) is 0 Å². The summed E-state index contributed by atoms with van der Waals surface area (Å²) in [5.41, 5.74) is 1.56. The molecule has 0 nitrogen and oxygen atoms in total. The SMILES string of the molecule is C=C1CC(C(C)C)C2CCC12. The molecule has 0 spiro atoms. The van der Waals surface area contributed by atoms with Crippen molar-refractivity contribution in [3.05, 3.63) is 12.2 Å². The second kappa shape index (κ2) is 2.36. The third-order valence-electron chi connectivity index (χ3n) is 3.76. The highest BCUT2D eigenvalue weighted by atomic mass is 14.5. The molecule has 0 bridgehead atoms. The van der Waals surface area contributed by atoms with Crippen LogP contribution in [0.2, 0.25) is 0 Å². The predicted molar refractivity (Wildman–Crippen MR) is 48.3 cm³/mol. The van der Waals surface area contributed by atoms with Crippen molar-refractivity contribution in [2.75, 3.05) is 0 Å². The van der Waals surface area contributed by atoms with Crippen LogP contribution < -0.4 is 0 Å². The highest BCUT2D eigenvalue weighted by Gasteiger charge is 2.45. The van der Waals surface area contributed by atoms with Gasteiger partial charge in [0, 0.05) is 0 Å². The Morgan fingerprint density at radius 1 is 1.36 bits per heavy atom. The maximum atomic E-state index is 4.17. The van der Waals surface area contributed by atoms with E-state index < -0.39 is 0 Å². The van der Waals surface area contributed by atoms with Gasteiger partial charge in [0.25, 0.3) is 0 Å². The summed E-state index contributed by atoms with van der Waals surface area (Å²) in [6, 6.07) is 0. The maximum Gasteiger partial charge on any atom is -0.0174 e. The number of hydrogen-bond acceptors (Lipinski definition) is 0. The van der Waals surface area contributed by atoms with Crippen LogP contribution in [0.15, 0.2) is 12.2 Å². The van der Waals surface area contributed by atoms with Gasteiger partial charge < -0.3 is 0 Å². The van der Waals surface area contributed by atoms with Gasteiger partial charge in [-0.1, -0.05) is 26.0 Å². The van der Waals surface area contributed by atoms with Crippen molar-refractivity contribution in [3.63, 3.8) is 0 Å². The molecule has 2 fully saturated rings. The Balaban J connectivity index is 2.10. The summed E-state index contributed by atoms with van der Waals surface area (Å²) in [5.74, 6) is 3.81. The Morgan fingerprint density at radius 2 is 2.09 bits per heavy atom. The largest absolute Gasteiger partial charge is 0.0996 e. The molecule has 0 aromatic rings. The van der Waals surface area contributed by atoms with Crippen LogP contribution in [-0.4, -0.2) is 0 Å². The molecule has 0 N–H and O–H groups in total. The van der Waals surface area contributed by atoms with E-state index in [-0.39, 0.29) is 0 Å². The van der Waals surface area contributed by atoms with Crippen LogP contribution in [-0.2, 0) is 0 Å². The number of hydrogen-bond donors (Lipinski definition) is 0. The molecule has 2 saturated carbocycles. The van der Waals surface area contributed by atoms with E-state index in [4.69, 9.17) is 0 Å². The Morgan fingerprint density at radius 3 is 2.36 bits per heavy atom. The van der Waals surface area contributed by atoms with Gasteiger partial charge in [0.2, 0.25) is 0 Å². The predicted octanol–water partition coefficient (Wildman–Crippen LogP) is 3.24. The van der Waals surface area contributed by atoms with Crippen molar-refractivity contribution in [2.24, 2.45) is 23.7 Å². The average molecular weight is 150 g/mol. The lowest BCUT2D eigenvalue weighted by atomic mass is 9.69. The minimum absolute atomic E-state index is 0.877. The van der Waals surface area contributed by atoms with E-state index >= 15 is 0 Å². The van der Waals surface area contributed by atoms with Gasteiger partial charge in [0.15, 0.2) is 0 Å². The fraction of sp³-hybridized carbons (Fsp3) is 0.818. The fourth-order valence-corrected chi connectivity index (χ4v) is 2.88. The molecular formula is C11H18. The molecule has 0 aromatic carbocycles. The third kappa shape index (κ3) is 0.953. The van der Waals surface area contributed by atoms with Gasteiger partial charge in [0.1, 0.15) is 0 Å². The van der Waals surface area contributed by atoms with Gasteiger partial charge in [-0.3, -0.25) is 0 Å². The molecule has 62 valence electrons. The third-order valence-corrected chi connectivity index (χ3v) is 3.76. The maximum absolute atomic E-state index is 4.17. The van der Waals surface area contributed by atoms with Crippen LogP contribution in [0.25, 0.3) is 0 Å². The van der Waals surface area contributed by atoms with Gasteiger partial charge in [0.05, 0.1) is 0 Å². The summed E-state index contributed by atoms with van der Waals surface area (Å²) in [6.45, 7) is 8.89. The number of fused-ring (bicyclic) bond motifs is 1. The molecule has 0 heteroatoms. The van der Waals surface area contributed by atoms with Crippen molar-refractivity contribution in [3.8, 4) is 0 Å². The van der Waals surface area contributed by atoms with Gasteiger partial charge in [-0.05, 0) is 42.9 Å². The normalized spacial score (nSPS) is 42.5. The Hall–Kier alpha value is -0.260. The molecule has 0 aromatic heterocycles. The van der Waals surface area contributed by atoms with E-state index in [0.29, 0.717) is 0 Å². The monoisotopic (exact) mass is 150 g/mol. The Kier molecular flexibility index (Phi) is 1.59. The zero-order valence-electron chi connectivity index (χ0n) is 7.64. The van der Waals surface area contributed by atoms with Crippen molar-refractivity contribution >= 4 is 0 Å². The summed E-state index contributed by atoms with van der Waals surface area (Å²) >= 11 is 0. The second-order valence-corrected chi connectivity index (χ2v) is 4.62. The van der Waals surface area contributed by atoms with Gasteiger partial charge >= 0.3 is 0 Å². The molecule has 0 radical (unpaired) electrons. The molecule has 11 heavy (non-hydrogen) atoms. The topological polar surface area (TPSA) is 0 Å². The smallest absolute Gasteiger partial charge is 0.0174 e. The number of rotatable bonds is 1. The fourth-order valence-electron chi connectivity index (χ4n) is 2.88. The lowest BCUT2D eigenvalue weighted by molar-refractivity contribution is 0.153. The molecule has 2 aliphatic rings. The molecule has 0 saturated heterocycles. The highest BCUT2D eigenvalue weighted by molar-refractivity contribution is 5.16. The summed E-state index contributed by atoms with van der Waals surface area (Å²) in [4.78, 5) is 0. The van der Waals surface area contributed by atoms with E-state index in [1.54, 1.807) is 5.57 Å². The van der Waals surface area contributed by atoms with Gasteiger partial charge in [-0.2, -0.15) is 0 Å². The number of allylic oxidation sites excluding steroid dienone is 1. The van der Waals surface area contributed by atoms with Crippen LogP contribution in [0.5, 0.6) is 0 Å². The Labute approximate surface area is 69.7 Å². The van der Waals surface area contributed by atoms with E-state index in [9.17, 15) is 0 Å². The first-order chi connectivity index (χ1) is 5.20. The summed E-state index contributed by atoms with van der Waals surface area (Å²) in [6.07, 6.45) is 4.24. The summed E-state index contributed by atoms with van der Waals surface area (Å²) in [5, 5.41) is 0. The van der Waals surface area contributed by atoms with E-state index in [0.717, 1.165) is 23.7 Å². The zero-order chi connectivity index (χ0) is 8.01. The minimum atomic E-state index is 0.877. The first-order valence-electron chi connectivity index (χ1n) is 4.88. The lowest BCUT2D eigenvalue weighted by Gasteiger charge is -2.35. The van der Waals surface area contributed by atoms with Crippen LogP contribution in [0.4, 0.5) is 0 Å². The molecule has 3 atom stereocenters. The van der Waals surface area contributed by atoms with E-state index in [1.165, 1.54) is 19.3 Å². The molecule has 0 heterocycles. The zero-order valence-corrected chi connectivity index (χ0v) is 7.64. The van der Waals surface area contributed by atoms with Crippen molar-refractivity contribution in [1.29, 1.82) is 0 Å². The van der Waals surface area contributed by atoms with Crippen molar-refractivity contribution in [1.82, 2.24) is 0 Å². The molecule has 0 aliphatic heterocycles. The quantitative estimate of drug-likeness (QED) is 0.503. The van der Waals surface area contributed by atoms with Crippen LogP contribution in [0, 0.1) is 23.7 Å². The first kappa shape index (κ1) is 7.39. The first-order valence-corrected chi connectivity index (χ1v) is 4.88. The van der Waals surface area contributed by atoms with Gasteiger partial charge in [-0.25, -0.2) is 0 Å². The van der Waals surface area contributed by atoms with Crippen LogP contribution in [0.1, 0.15) is 33.1 Å². The lowest BCUT2D eigenvalue weighted by Crippen LogP contribution is -2.27. The standard InChI is InChI=1S/C11H18/c1-7(2)11-6-8(3)9-4-5-10(9)11/h7,9-11H,3-6H2,1-2H3. The summed E-state index contributed by atoms with van der Waals surface area (Å²) in [7, 11) is 0. The second-order valence-electron chi connectivity index (χ2n) is 4.62. The van der Waals surface area contributed by atoms with Crippen LogP contribution >= 0.6 is 0 Å². The van der Waals surface area contributed by atoms with Crippen LogP contribution in [0.3, 0.4) is 0 Å². The van der Waals surface area contributed by atoms with Crippen molar-refractivity contribution in [2.45, 2.75) is 33.1 Å². The van der Waals surface area contributed by atoms with Crippen molar-refractivity contribution < 1.29 is 0 Å². The molecular weight excluding hydrogens is 132 g/mol. The highest BCUT2D eigenvalue weighted by Crippen LogP contribution is 2.54. The van der Waals surface area contributed by atoms with Gasteiger partial charge in [-0.15, -0.1) is 0 Å².